The third-order valence-corrected chi connectivity index (χ3v) is 2.32. The van der Waals surface area contributed by atoms with Crippen molar-refractivity contribution in [3.8, 4) is 5.75 Å². The Morgan fingerprint density at radius 1 is 1.24 bits per heavy atom. The highest BCUT2D eigenvalue weighted by atomic mass is 16.5. The number of ether oxygens (including phenoxy) is 2. The molecule has 1 amide bonds. The maximum atomic E-state index is 10.4. The summed E-state index contributed by atoms with van der Waals surface area (Å²) in [6.07, 6.45) is 2.69. The molecule has 0 aliphatic carbocycles. The first-order valence-electron chi connectivity index (χ1n) is 5.86. The monoisotopic (exact) mass is 237 g/mol. The van der Waals surface area contributed by atoms with Crippen LogP contribution in [-0.2, 0) is 11.3 Å². The maximum absolute atomic E-state index is 10.4. The number of benzene rings is 1. The van der Waals surface area contributed by atoms with Gasteiger partial charge in [0.2, 0.25) is 0 Å². The molecule has 0 spiro atoms. The average molecular weight is 237 g/mol. The van der Waals surface area contributed by atoms with Gasteiger partial charge in [-0.3, -0.25) is 0 Å². The SMILES string of the molecule is CCCCCOc1ccc(COC(N)=O)cc1. The van der Waals surface area contributed by atoms with Crippen molar-refractivity contribution in [2.24, 2.45) is 5.73 Å². The molecule has 1 aromatic carbocycles. The number of nitrogens with two attached hydrogens (primary N) is 1. The van der Waals surface area contributed by atoms with Crippen molar-refractivity contribution < 1.29 is 14.3 Å². The predicted molar refractivity (Wildman–Crippen MR) is 65.8 cm³/mol. The van der Waals surface area contributed by atoms with E-state index < -0.39 is 6.09 Å². The molecule has 0 radical (unpaired) electrons. The zero-order valence-electron chi connectivity index (χ0n) is 10.1. The molecule has 0 unspecified atom stereocenters. The Balaban J connectivity index is 2.31. The maximum Gasteiger partial charge on any atom is 0.404 e. The highest BCUT2D eigenvalue weighted by molar-refractivity contribution is 5.64. The number of amides is 1. The van der Waals surface area contributed by atoms with Crippen LogP contribution in [0.4, 0.5) is 4.79 Å². The van der Waals surface area contributed by atoms with Crippen molar-refractivity contribution >= 4 is 6.09 Å². The number of carbonyl (C=O) groups is 1. The Morgan fingerprint density at radius 2 is 1.94 bits per heavy atom. The average Bonchev–Trinajstić information content (AvgIpc) is 2.33. The Morgan fingerprint density at radius 3 is 2.53 bits per heavy atom. The number of primary amides is 1. The molecule has 17 heavy (non-hydrogen) atoms. The lowest BCUT2D eigenvalue weighted by Gasteiger charge is -2.06. The summed E-state index contributed by atoms with van der Waals surface area (Å²) in [5, 5.41) is 0. The highest BCUT2D eigenvalue weighted by Crippen LogP contribution is 2.13. The fourth-order valence-electron chi connectivity index (χ4n) is 1.38. The smallest absolute Gasteiger partial charge is 0.404 e. The van der Waals surface area contributed by atoms with Gasteiger partial charge in [-0.2, -0.15) is 0 Å². The van der Waals surface area contributed by atoms with Crippen LogP contribution in [0.25, 0.3) is 0 Å². The molecule has 0 aromatic heterocycles. The van der Waals surface area contributed by atoms with E-state index in [1.807, 2.05) is 24.3 Å². The number of hydrogen-bond acceptors (Lipinski definition) is 3. The van der Waals surface area contributed by atoms with Crippen LogP contribution in [0.5, 0.6) is 5.75 Å². The van der Waals surface area contributed by atoms with Gasteiger partial charge in [0.1, 0.15) is 12.4 Å². The van der Waals surface area contributed by atoms with E-state index in [0.717, 1.165) is 24.3 Å². The van der Waals surface area contributed by atoms with E-state index in [-0.39, 0.29) is 6.61 Å². The van der Waals surface area contributed by atoms with Gasteiger partial charge in [-0.1, -0.05) is 31.9 Å². The van der Waals surface area contributed by atoms with Crippen LogP contribution >= 0.6 is 0 Å². The largest absolute Gasteiger partial charge is 0.494 e. The van der Waals surface area contributed by atoms with Crippen LogP contribution in [0.1, 0.15) is 31.7 Å². The van der Waals surface area contributed by atoms with Gasteiger partial charge in [-0.25, -0.2) is 4.79 Å². The van der Waals surface area contributed by atoms with Gasteiger partial charge in [0.05, 0.1) is 6.61 Å². The van der Waals surface area contributed by atoms with E-state index in [2.05, 4.69) is 11.7 Å². The Labute approximate surface area is 102 Å². The molecule has 1 rings (SSSR count). The number of unbranched alkanes of at least 4 members (excludes halogenated alkanes) is 2. The van der Waals surface area contributed by atoms with Gasteiger partial charge in [-0.05, 0) is 24.1 Å². The molecule has 1 aromatic rings. The van der Waals surface area contributed by atoms with E-state index >= 15 is 0 Å². The summed E-state index contributed by atoms with van der Waals surface area (Å²) in [4.78, 5) is 10.4. The van der Waals surface area contributed by atoms with E-state index in [0.29, 0.717) is 0 Å². The minimum absolute atomic E-state index is 0.200. The lowest BCUT2D eigenvalue weighted by atomic mass is 10.2. The molecule has 0 aliphatic rings. The third-order valence-electron chi connectivity index (χ3n) is 2.32. The van der Waals surface area contributed by atoms with Crippen LogP contribution in [0.2, 0.25) is 0 Å². The van der Waals surface area contributed by atoms with Gasteiger partial charge in [0, 0.05) is 0 Å². The van der Waals surface area contributed by atoms with Crippen molar-refractivity contribution in [1.82, 2.24) is 0 Å². The fraction of sp³-hybridized carbons (Fsp3) is 0.462. The molecular formula is C13H19NO3. The molecule has 0 bridgehead atoms. The zero-order valence-corrected chi connectivity index (χ0v) is 10.1. The molecule has 0 aliphatic heterocycles. The van der Waals surface area contributed by atoms with Gasteiger partial charge in [0.25, 0.3) is 0 Å². The molecule has 0 fully saturated rings. The van der Waals surface area contributed by atoms with E-state index in [4.69, 9.17) is 10.5 Å². The summed E-state index contributed by atoms with van der Waals surface area (Å²) >= 11 is 0. The minimum atomic E-state index is -0.759. The van der Waals surface area contributed by atoms with Gasteiger partial charge < -0.3 is 15.2 Å². The standard InChI is InChI=1S/C13H19NO3/c1-2-3-4-9-16-12-7-5-11(6-8-12)10-17-13(14)15/h5-8H,2-4,9-10H2,1H3,(H2,14,15). The van der Waals surface area contributed by atoms with Crippen LogP contribution < -0.4 is 10.5 Å². The summed E-state index contributed by atoms with van der Waals surface area (Å²) in [6, 6.07) is 7.45. The van der Waals surface area contributed by atoms with Crippen molar-refractivity contribution in [3.63, 3.8) is 0 Å². The minimum Gasteiger partial charge on any atom is -0.494 e. The molecular weight excluding hydrogens is 218 g/mol. The van der Waals surface area contributed by atoms with Crippen LogP contribution in [0.3, 0.4) is 0 Å². The van der Waals surface area contributed by atoms with E-state index in [1.165, 1.54) is 12.8 Å². The molecule has 94 valence electrons. The van der Waals surface area contributed by atoms with Crippen molar-refractivity contribution in [1.29, 1.82) is 0 Å². The topological polar surface area (TPSA) is 61.6 Å². The molecule has 0 atom stereocenters. The van der Waals surface area contributed by atoms with Crippen molar-refractivity contribution in [2.75, 3.05) is 6.61 Å². The molecule has 4 nitrogen and oxygen atoms in total. The van der Waals surface area contributed by atoms with E-state index in [9.17, 15) is 4.79 Å². The summed E-state index contributed by atoms with van der Waals surface area (Å²) in [5.41, 5.74) is 5.77. The predicted octanol–water partition coefficient (Wildman–Crippen LogP) is 2.85. The number of carbonyl (C=O) groups excluding carboxylic acids is 1. The first-order chi connectivity index (χ1) is 8.22. The second kappa shape index (κ2) is 7.54. The van der Waals surface area contributed by atoms with Gasteiger partial charge in [0.15, 0.2) is 0 Å². The van der Waals surface area contributed by atoms with Gasteiger partial charge in [-0.15, -0.1) is 0 Å². The Hall–Kier alpha value is -1.71. The number of rotatable bonds is 7. The first-order valence-corrected chi connectivity index (χ1v) is 5.86. The summed E-state index contributed by atoms with van der Waals surface area (Å²) in [5.74, 6) is 0.837. The second-order valence-electron chi connectivity index (χ2n) is 3.81. The Bertz CT molecular complexity index is 335. The normalized spacial score (nSPS) is 9.94. The molecule has 0 saturated heterocycles. The van der Waals surface area contributed by atoms with Gasteiger partial charge >= 0.3 is 6.09 Å². The van der Waals surface area contributed by atoms with Crippen molar-refractivity contribution in [3.05, 3.63) is 29.8 Å². The van der Waals surface area contributed by atoms with Crippen LogP contribution in [-0.4, -0.2) is 12.7 Å². The van der Waals surface area contributed by atoms with E-state index in [1.54, 1.807) is 0 Å². The second-order valence-corrected chi connectivity index (χ2v) is 3.81. The first kappa shape index (κ1) is 13.4. The summed E-state index contributed by atoms with van der Waals surface area (Å²) in [7, 11) is 0. The van der Waals surface area contributed by atoms with Crippen LogP contribution in [0.15, 0.2) is 24.3 Å². The molecule has 0 heterocycles. The molecule has 2 N–H and O–H groups in total. The molecule has 4 heteroatoms. The quantitative estimate of drug-likeness (QED) is 0.742. The number of hydrogen-bond donors (Lipinski definition) is 1. The highest BCUT2D eigenvalue weighted by Gasteiger charge is 1.98. The molecule has 0 saturated carbocycles. The Kier molecular flexibility index (Phi) is 5.93. The lowest BCUT2D eigenvalue weighted by Crippen LogP contribution is -2.12. The summed E-state index contributed by atoms with van der Waals surface area (Å²) < 4.78 is 10.2. The van der Waals surface area contributed by atoms with Crippen molar-refractivity contribution in [2.45, 2.75) is 32.8 Å². The van der Waals surface area contributed by atoms with Crippen LogP contribution in [0, 0.1) is 0 Å². The zero-order chi connectivity index (χ0) is 12.5. The summed E-state index contributed by atoms with van der Waals surface area (Å²) in [6.45, 7) is 3.10. The third kappa shape index (κ3) is 5.80. The lowest BCUT2D eigenvalue weighted by molar-refractivity contribution is 0.150. The fourth-order valence-corrected chi connectivity index (χ4v) is 1.38.